The number of aryl methyl sites for hydroxylation is 1. The molecule has 7 nitrogen and oxygen atoms in total. The van der Waals surface area contributed by atoms with Crippen LogP contribution in [0.25, 0.3) is 0 Å². The summed E-state index contributed by atoms with van der Waals surface area (Å²) in [5.74, 6) is 5.39. The molecular formula is C12H12N4O3S. The van der Waals surface area contributed by atoms with Crippen molar-refractivity contribution in [1.82, 2.24) is 10.1 Å². The van der Waals surface area contributed by atoms with Crippen LogP contribution in [-0.4, -0.2) is 25.1 Å². The number of sulfonamides is 1. The van der Waals surface area contributed by atoms with Gasteiger partial charge < -0.3 is 10.3 Å². The SMILES string of the molecule is Cc1cc(NS(=O)(=O)c2cncc(C#CCN)c2)on1. The van der Waals surface area contributed by atoms with Crippen molar-refractivity contribution in [3.63, 3.8) is 0 Å². The highest BCUT2D eigenvalue weighted by Crippen LogP contribution is 2.16. The highest BCUT2D eigenvalue weighted by molar-refractivity contribution is 7.92. The summed E-state index contributed by atoms with van der Waals surface area (Å²) in [7, 11) is -3.79. The second-order valence-corrected chi connectivity index (χ2v) is 5.54. The van der Waals surface area contributed by atoms with E-state index in [0.717, 1.165) is 0 Å². The van der Waals surface area contributed by atoms with Crippen LogP contribution in [0.3, 0.4) is 0 Å². The molecule has 8 heteroatoms. The highest BCUT2D eigenvalue weighted by atomic mass is 32.2. The molecule has 3 N–H and O–H groups in total. The Hall–Kier alpha value is -2.37. The first-order valence-corrected chi connectivity index (χ1v) is 7.10. The van der Waals surface area contributed by atoms with Crippen LogP contribution in [0.4, 0.5) is 5.88 Å². The van der Waals surface area contributed by atoms with Crippen molar-refractivity contribution in [2.24, 2.45) is 5.73 Å². The zero-order chi connectivity index (χ0) is 14.6. The van der Waals surface area contributed by atoms with Gasteiger partial charge in [0.1, 0.15) is 4.90 Å². The minimum Gasteiger partial charge on any atom is -0.338 e. The molecule has 20 heavy (non-hydrogen) atoms. The van der Waals surface area contributed by atoms with Gasteiger partial charge in [-0.1, -0.05) is 17.0 Å². The monoisotopic (exact) mass is 292 g/mol. The van der Waals surface area contributed by atoms with E-state index in [1.54, 1.807) is 6.92 Å². The van der Waals surface area contributed by atoms with Crippen LogP contribution >= 0.6 is 0 Å². The van der Waals surface area contributed by atoms with Crippen LogP contribution in [-0.2, 0) is 10.0 Å². The molecule has 0 aromatic carbocycles. The first-order chi connectivity index (χ1) is 9.51. The van der Waals surface area contributed by atoms with Crippen molar-refractivity contribution in [2.75, 3.05) is 11.3 Å². The van der Waals surface area contributed by atoms with Gasteiger partial charge in [0.15, 0.2) is 0 Å². The number of aromatic nitrogens is 2. The average molecular weight is 292 g/mol. The summed E-state index contributed by atoms with van der Waals surface area (Å²) in [6.45, 7) is 1.87. The lowest BCUT2D eigenvalue weighted by Crippen LogP contribution is -2.13. The summed E-state index contributed by atoms with van der Waals surface area (Å²) >= 11 is 0. The maximum atomic E-state index is 12.1. The van der Waals surface area contributed by atoms with Crippen LogP contribution in [0.2, 0.25) is 0 Å². The third-order valence-electron chi connectivity index (χ3n) is 2.22. The Morgan fingerprint density at radius 1 is 1.40 bits per heavy atom. The van der Waals surface area contributed by atoms with E-state index in [1.165, 1.54) is 24.5 Å². The van der Waals surface area contributed by atoms with Crippen LogP contribution in [0.5, 0.6) is 0 Å². The molecule has 0 atom stereocenters. The maximum absolute atomic E-state index is 12.1. The third kappa shape index (κ3) is 3.34. The van der Waals surface area contributed by atoms with E-state index >= 15 is 0 Å². The lowest BCUT2D eigenvalue weighted by molar-refractivity contribution is 0.430. The zero-order valence-corrected chi connectivity index (χ0v) is 11.4. The largest absolute Gasteiger partial charge is 0.338 e. The van der Waals surface area contributed by atoms with Gasteiger partial charge in [-0.3, -0.25) is 4.98 Å². The number of rotatable bonds is 3. The minimum absolute atomic E-state index is 0.0182. The smallest absolute Gasteiger partial charge is 0.265 e. The fourth-order valence-corrected chi connectivity index (χ4v) is 2.35. The Balaban J connectivity index is 2.29. The summed E-state index contributed by atoms with van der Waals surface area (Å²) in [6.07, 6.45) is 2.68. The summed E-state index contributed by atoms with van der Waals surface area (Å²) in [5.41, 5.74) is 6.30. The molecule has 0 amide bonds. The third-order valence-corrected chi connectivity index (χ3v) is 3.53. The number of anilines is 1. The topological polar surface area (TPSA) is 111 Å². The van der Waals surface area contributed by atoms with Crippen molar-refractivity contribution in [2.45, 2.75) is 11.8 Å². The quantitative estimate of drug-likeness (QED) is 0.796. The molecule has 2 aromatic heterocycles. The highest BCUT2D eigenvalue weighted by Gasteiger charge is 2.17. The number of hydrogen-bond acceptors (Lipinski definition) is 6. The van der Waals surface area contributed by atoms with Gasteiger partial charge in [0, 0.05) is 24.0 Å². The molecule has 2 aromatic rings. The van der Waals surface area contributed by atoms with Gasteiger partial charge in [-0.2, -0.15) is 0 Å². The van der Waals surface area contributed by atoms with Gasteiger partial charge in [0.25, 0.3) is 10.0 Å². The molecule has 0 spiro atoms. The van der Waals surface area contributed by atoms with E-state index in [1.807, 2.05) is 0 Å². The Morgan fingerprint density at radius 2 is 2.20 bits per heavy atom. The summed E-state index contributed by atoms with van der Waals surface area (Å²) in [6, 6.07) is 2.88. The van der Waals surface area contributed by atoms with Gasteiger partial charge in [-0.05, 0) is 13.0 Å². The van der Waals surface area contributed by atoms with E-state index < -0.39 is 10.0 Å². The number of pyridine rings is 1. The van der Waals surface area contributed by atoms with Gasteiger partial charge >= 0.3 is 0 Å². The molecule has 2 heterocycles. The van der Waals surface area contributed by atoms with Crippen LogP contribution in [0, 0.1) is 18.8 Å². The number of hydrogen-bond donors (Lipinski definition) is 2. The lowest BCUT2D eigenvalue weighted by Gasteiger charge is -2.04. The molecular weight excluding hydrogens is 280 g/mol. The zero-order valence-electron chi connectivity index (χ0n) is 10.6. The summed E-state index contributed by atoms with van der Waals surface area (Å²) in [4.78, 5) is 3.82. The predicted molar refractivity (Wildman–Crippen MR) is 72.2 cm³/mol. The van der Waals surface area contributed by atoms with Crippen LogP contribution < -0.4 is 10.5 Å². The van der Waals surface area contributed by atoms with Crippen molar-refractivity contribution in [3.8, 4) is 11.8 Å². The normalized spacial score (nSPS) is 10.7. The van der Waals surface area contributed by atoms with Gasteiger partial charge in [0.05, 0.1) is 12.2 Å². The van der Waals surface area contributed by atoms with E-state index in [4.69, 9.17) is 10.3 Å². The van der Waals surface area contributed by atoms with E-state index in [9.17, 15) is 8.42 Å². The van der Waals surface area contributed by atoms with E-state index in [2.05, 4.69) is 26.7 Å². The Morgan fingerprint density at radius 3 is 2.85 bits per heavy atom. The summed E-state index contributed by atoms with van der Waals surface area (Å²) in [5, 5.41) is 3.60. The fraction of sp³-hybridized carbons (Fsp3) is 0.167. The molecule has 0 bridgehead atoms. The van der Waals surface area contributed by atoms with Gasteiger partial charge in [0.2, 0.25) is 5.88 Å². The molecule has 0 saturated carbocycles. The number of nitrogens with two attached hydrogens (primary N) is 1. The molecule has 0 fully saturated rings. The average Bonchev–Trinajstić information content (AvgIpc) is 2.81. The Kier molecular flexibility index (Phi) is 4.02. The fourth-order valence-electron chi connectivity index (χ4n) is 1.39. The summed E-state index contributed by atoms with van der Waals surface area (Å²) < 4.78 is 31.3. The molecule has 0 unspecified atom stereocenters. The standard InChI is InChI=1S/C12H12N4O3S/c1-9-5-12(19-15-9)16-20(17,18)11-6-10(3-2-4-13)7-14-8-11/h5-8,16H,4,13H2,1H3. The van der Waals surface area contributed by atoms with Gasteiger partial charge in [-0.25, -0.2) is 13.1 Å². The Labute approximate surface area is 116 Å². The molecule has 0 aliphatic heterocycles. The van der Waals surface area contributed by atoms with Crippen LogP contribution in [0.1, 0.15) is 11.3 Å². The predicted octanol–water partition coefficient (Wildman–Crippen LogP) is 0.489. The number of nitrogens with zero attached hydrogens (tertiary/aromatic N) is 2. The first-order valence-electron chi connectivity index (χ1n) is 5.61. The van der Waals surface area contributed by atoms with Crippen molar-refractivity contribution in [3.05, 3.63) is 35.8 Å². The second kappa shape index (κ2) is 5.73. The molecule has 0 aliphatic carbocycles. The molecule has 104 valence electrons. The molecule has 0 radical (unpaired) electrons. The molecule has 0 aliphatic rings. The Bertz CT molecular complexity index is 771. The lowest BCUT2D eigenvalue weighted by atomic mass is 10.3. The van der Waals surface area contributed by atoms with Crippen molar-refractivity contribution in [1.29, 1.82) is 0 Å². The molecule has 0 saturated heterocycles. The van der Waals surface area contributed by atoms with E-state index in [0.29, 0.717) is 11.3 Å². The van der Waals surface area contributed by atoms with Crippen LogP contribution in [0.15, 0.2) is 33.9 Å². The van der Waals surface area contributed by atoms with Crippen molar-refractivity contribution < 1.29 is 12.9 Å². The second-order valence-electron chi connectivity index (χ2n) is 3.85. The van der Waals surface area contributed by atoms with Crippen molar-refractivity contribution >= 4 is 15.9 Å². The first kappa shape index (κ1) is 14.0. The van der Waals surface area contributed by atoms with E-state index in [-0.39, 0.29) is 17.3 Å². The molecule has 2 rings (SSSR count). The number of nitrogens with one attached hydrogen (secondary N) is 1. The minimum atomic E-state index is -3.79. The maximum Gasteiger partial charge on any atom is 0.265 e. The van der Waals surface area contributed by atoms with Gasteiger partial charge in [-0.15, -0.1) is 0 Å².